The highest BCUT2D eigenvalue weighted by Gasteiger charge is 2.40. The molecule has 0 bridgehead atoms. The normalized spacial score (nSPS) is 41.6. The van der Waals surface area contributed by atoms with Crippen LogP contribution in [0.4, 0.5) is 0 Å². The van der Waals surface area contributed by atoms with Crippen LogP contribution in [0, 0.1) is 11.8 Å². The first-order chi connectivity index (χ1) is 12.6. The molecule has 26 heavy (non-hydrogen) atoms. The van der Waals surface area contributed by atoms with Crippen LogP contribution in [0.2, 0.25) is 0 Å². The summed E-state index contributed by atoms with van der Waals surface area (Å²) in [4.78, 5) is 16.6. The SMILES string of the molecule is C[C@H]1CC(C[C@@H]2CCC[C@H]3C[C@H](C)C[C@H](C)N23)=C2CCCN(C=O)[C@H]2C1. The summed E-state index contributed by atoms with van der Waals surface area (Å²) in [5, 5.41) is 0. The minimum absolute atomic E-state index is 0.415. The number of nitrogens with zero attached hydrogens (tertiary/aromatic N) is 2. The van der Waals surface area contributed by atoms with Gasteiger partial charge < -0.3 is 4.90 Å². The van der Waals surface area contributed by atoms with Crippen LogP contribution in [0.1, 0.15) is 85.0 Å². The molecule has 4 aliphatic rings. The van der Waals surface area contributed by atoms with Gasteiger partial charge in [-0.15, -0.1) is 0 Å². The van der Waals surface area contributed by atoms with Crippen molar-refractivity contribution >= 4 is 6.41 Å². The van der Waals surface area contributed by atoms with Crippen molar-refractivity contribution < 1.29 is 4.79 Å². The van der Waals surface area contributed by atoms with Gasteiger partial charge in [-0.25, -0.2) is 0 Å². The number of carbonyl (C=O) groups is 1. The van der Waals surface area contributed by atoms with Crippen LogP contribution in [-0.2, 0) is 4.79 Å². The molecule has 3 heteroatoms. The lowest BCUT2D eigenvalue weighted by molar-refractivity contribution is -0.120. The van der Waals surface area contributed by atoms with Crippen LogP contribution in [0.15, 0.2) is 11.1 Å². The van der Waals surface area contributed by atoms with E-state index in [2.05, 4.69) is 30.6 Å². The maximum absolute atomic E-state index is 11.6. The van der Waals surface area contributed by atoms with Crippen molar-refractivity contribution in [3.8, 4) is 0 Å². The lowest BCUT2D eigenvalue weighted by atomic mass is 9.73. The van der Waals surface area contributed by atoms with Gasteiger partial charge >= 0.3 is 0 Å². The summed E-state index contributed by atoms with van der Waals surface area (Å²) in [7, 11) is 0. The molecule has 0 spiro atoms. The predicted molar refractivity (Wildman–Crippen MR) is 107 cm³/mol. The highest BCUT2D eigenvalue weighted by atomic mass is 16.1. The molecule has 0 radical (unpaired) electrons. The standard InChI is InChI=1S/C23H38N2O/c1-16-10-18(3)25-20(12-16)6-4-7-21(25)14-19-11-17(2)13-23-22(19)8-5-9-24(23)15-26/h15-18,20-21,23H,4-14H2,1-3H3/t16-,17+,18+,20+,21+,23+/m1/s1. The van der Waals surface area contributed by atoms with Crippen molar-refractivity contribution in [1.82, 2.24) is 9.80 Å². The second-order valence-electron chi connectivity index (χ2n) is 9.95. The van der Waals surface area contributed by atoms with Crippen LogP contribution >= 0.6 is 0 Å². The van der Waals surface area contributed by atoms with Gasteiger partial charge in [0.2, 0.25) is 6.41 Å². The van der Waals surface area contributed by atoms with E-state index in [0.29, 0.717) is 6.04 Å². The van der Waals surface area contributed by atoms with E-state index in [0.717, 1.165) is 49.3 Å². The molecular formula is C23H38N2O. The summed E-state index contributed by atoms with van der Waals surface area (Å²) in [6.45, 7) is 8.28. The zero-order chi connectivity index (χ0) is 18.3. The lowest BCUT2D eigenvalue weighted by Crippen LogP contribution is -2.55. The molecule has 0 aromatic heterocycles. The third kappa shape index (κ3) is 3.48. The average molecular weight is 359 g/mol. The van der Waals surface area contributed by atoms with E-state index in [1.807, 2.05) is 0 Å². The number of hydrogen-bond donors (Lipinski definition) is 0. The molecule has 3 saturated heterocycles. The molecule has 6 atom stereocenters. The molecule has 3 aliphatic heterocycles. The number of hydrogen-bond acceptors (Lipinski definition) is 2. The van der Waals surface area contributed by atoms with Gasteiger partial charge in [-0.1, -0.05) is 25.8 Å². The van der Waals surface area contributed by atoms with E-state index >= 15 is 0 Å². The molecule has 3 heterocycles. The van der Waals surface area contributed by atoms with Crippen molar-refractivity contribution in [2.45, 2.75) is 109 Å². The summed E-state index contributed by atoms with van der Waals surface area (Å²) in [5.74, 6) is 1.61. The average Bonchev–Trinajstić information content (AvgIpc) is 2.60. The Hall–Kier alpha value is -0.830. The molecule has 3 nitrogen and oxygen atoms in total. The van der Waals surface area contributed by atoms with Gasteiger partial charge in [0.15, 0.2) is 0 Å². The van der Waals surface area contributed by atoms with Gasteiger partial charge in [-0.3, -0.25) is 9.69 Å². The molecule has 1 amide bonds. The van der Waals surface area contributed by atoms with E-state index in [1.165, 1.54) is 57.8 Å². The number of carbonyl (C=O) groups excluding carboxylic acids is 1. The molecule has 146 valence electrons. The first kappa shape index (κ1) is 18.5. The van der Waals surface area contributed by atoms with Gasteiger partial charge in [-0.2, -0.15) is 0 Å². The highest BCUT2D eigenvalue weighted by Crippen LogP contribution is 2.43. The third-order valence-electron chi connectivity index (χ3n) is 7.80. The van der Waals surface area contributed by atoms with Gasteiger partial charge in [0.1, 0.15) is 0 Å². The topological polar surface area (TPSA) is 23.6 Å². The minimum Gasteiger partial charge on any atom is -0.339 e. The van der Waals surface area contributed by atoms with E-state index < -0.39 is 0 Å². The number of fused-ring (bicyclic) bond motifs is 2. The second kappa shape index (κ2) is 7.66. The molecule has 3 fully saturated rings. The Labute approximate surface area is 160 Å². The van der Waals surface area contributed by atoms with Crippen molar-refractivity contribution in [2.24, 2.45) is 11.8 Å². The monoisotopic (exact) mass is 358 g/mol. The number of piperidine rings is 3. The van der Waals surface area contributed by atoms with Gasteiger partial charge in [-0.05, 0) is 82.1 Å². The molecule has 0 aromatic rings. The van der Waals surface area contributed by atoms with Crippen LogP contribution in [0.25, 0.3) is 0 Å². The zero-order valence-corrected chi connectivity index (χ0v) is 17.1. The lowest BCUT2D eigenvalue weighted by Gasteiger charge is -2.51. The Kier molecular flexibility index (Phi) is 5.46. The maximum atomic E-state index is 11.6. The maximum Gasteiger partial charge on any atom is 0.210 e. The highest BCUT2D eigenvalue weighted by molar-refractivity contribution is 5.50. The quantitative estimate of drug-likeness (QED) is 0.536. The molecule has 4 rings (SSSR count). The minimum atomic E-state index is 0.415. The number of amides is 1. The Morgan fingerprint density at radius 2 is 1.88 bits per heavy atom. The molecule has 1 aliphatic carbocycles. The Morgan fingerprint density at radius 1 is 1.04 bits per heavy atom. The molecular weight excluding hydrogens is 320 g/mol. The van der Waals surface area contributed by atoms with Gasteiger partial charge in [0.25, 0.3) is 0 Å². The van der Waals surface area contributed by atoms with E-state index in [9.17, 15) is 4.79 Å². The summed E-state index contributed by atoms with van der Waals surface area (Å²) >= 11 is 0. The Balaban J connectivity index is 1.56. The fourth-order valence-electron chi connectivity index (χ4n) is 6.92. The summed E-state index contributed by atoms with van der Waals surface area (Å²) in [5.41, 5.74) is 3.39. The molecule has 0 unspecified atom stereocenters. The van der Waals surface area contributed by atoms with Crippen molar-refractivity contribution in [2.75, 3.05) is 6.54 Å². The van der Waals surface area contributed by atoms with E-state index in [-0.39, 0.29) is 0 Å². The summed E-state index contributed by atoms with van der Waals surface area (Å²) in [6, 6.07) is 2.73. The molecule has 0 aromatic carbocycles. The predicted octanol–water partition coefficient (Wildman–Crippen LogP) is 4.77. The first-order valence-electron chi connectivity index (χ1n) is 11.3. The third-order valence-corrected chi connectivity index (χ3v) is 7.80. The zero-order valence-electron chi connectivity index (χ0n) is 17.1. The molecule has 0 saturated carbocycles. The van der Waals surface area contributed by atoms with Gasteiger partial charge in [0.05, 0.1) is 6.04 Å². The second-order valence-corrected chi connectivity index (χ2v) is 9.95. The van der Waals surface area contributed by atoms with E-state index in [1.54, 1.807) is 11.1 Å². The van der Waals surface area contributed by atoms with Crippen LogP contribution in [0.3, 0.4) is 0 Å². The molecule has 0 N–H and O–H groups in total. The largest absolute Gasteiger partial charge is 0.339 e. The fourth-order valence-corrected chi connectivity index (χ4v) is 6.92. The van der Waals surface area contributed by atoms with Crippen LogP contribution in [0.5, 0.6) is 0 Å². The van der Waals surface area contributed by atoms with Gasteiger partial charge in [0, 0.05) is 24.7 Å². The smallest absolute Gasteiger partial charge is 0.210 e. The Bertz CT molecular complexity index is 556. The Morgan fingerprint density at radius 3 is 2.69 bits per heavy atom. The number of likely N-dealkylation sites (tertiary alicyclic amines) is 1. The fraction of sp³-hybridized carbons (Fsp3) is 0.870. The van der Waals surface area contributed by atoms with Crippen LogP contribution < -0.4 is 0 Å². The van der Waals surface area contributed by atoms with Crippen LogP contribution in [-0.4, -0.2) is 46.9 Å². The summed E-state index contributed by atoms with van der Waals surface area (Å²) < 4.78 is 0. The van der Waals surface area contributed by atoms with Crippen molar-refractivity contribution in [3.05, 3.63) is 11.1 Å². The van der Waals surface area contributed by atoms with Crippen molar-refractivity contribution in [3.63, 3.8) is 0 Å². The van der Waals surface area contributed by atoms with Crippen molar-refractivity contribution in [1.29, 1.82) is 0 Å². The number of rotatable bonds is 3. The van der Waals surface area contributed by atoms with E-state index in [4.69, 9.17) is 0 Å². The summed E-state index contributed by atoms with van der Waals surface area (Å²) in [6.07, 6.45) is 14.2. The first-order valence-corrected chi connectivity index (χ1v) is 11.3.